The summed E-state index contributed by atoms with van der Waals surface area (Å²) in [4.78, 5) is 12.3. The van der Waals surface area contributed by atoms with E-state index < -0.39 is 0 Å². The van der Waals surface area contributed by atoms with Gasteiger partial charge in [-0.3, -0.25) is 4.79 Å². The summed E-state index contributed by atoms with van der Waals surface area (Å²) in [6, 6.07) is 7.85. The van der Waals surface area contributed by atoms with Gasteiger partial charge in [0, 0.05) is 35.1 Å². The van der Waals surface area contributed by atoms with E-state index in [0.717, 1.165) is 29.1 Å². The van der Waals surface area contributed by atoms with Crippen LogP contribution in [0.1, 0.15) is 35.1 Å². The lowest BCUT2D eigenvalue weighted by atomic mass is 9.88. The van der Waals surface area contributed by atoms with E-state index in [1.807, 2.05) is 31.2 Å². The molecule has 1 aromatic heterocycles. The Labute approximate surface area is 130 Å². The number of carbonyl (C=O) groups excluding carboxylic acids is 1. The standard InChI is InChI=1S/C18H21NO3/c1-11-7-15-14(16(20)8-11)9-12(2)19(15)13-5-6-17(21-3)18(10-13)22-4/h5-6,9-11H,7-8H2,1-4H3/t11-/m1/s1. The minimum absolute atomic E-state index is 0.246. The molecule has 0 radical (unpaired) electrons. The number of nitrogens with zero attached hydrogens (tertiary/aromatic N) is 1. The van der Waals surface area contributed by atoms with Gasteiger partial charge in [0.15, 0.2) is 17.3 Å². The van der Waals surface area contributed by atoms with Crippen LogP contribution in [0.25, 0.3) is 5.69 Å². The molecule has 4 nitrogen and oxygen atoms in total. The van der Waals surface area contributed by atoms with E-state index in [2.05, 4.69) is 11.5 Å². The number of aryl methyl sites for hydroxylation is 1. The smallest absolute Gasteiger partial charge is 0.164 e. The van der Waals surface area contributed by atoms with E-state index >= 15 is 0 Å². The van der Waals surface area contributed by atoms with Crippen LogP contribution in [-0.2, 0) is 6.42 Å². The molecule has 3 rings (SSSR count). The summed E-state index contributed by atoms with van der Waals surface area (Å²) in [5.41, 5.74) is 4.04. The van der Waals surface area contributed by atoms with Crippen molar-refractivity contribution in [1.82, 2.24) is 4.57 Å². The van der Waals surface area contributed by atoms with Crippen molar-refractivity contribution >= 4 is 5.78 Å². The SMILES string of the molecule is COc1ccc(-n2c(C)cc3c2C[C@@H](C)CC3=O)cc1OC. The highest BCUT2D eigenvalue weighted by Gasteiger charge is 2.27. The van der Waals surface area contributed by atoms with Crippen molar-refractivity contribution in [3.05, 3.63) is 41.2 Å². The lowest BCUT2D eigenvalue weighted by Crippen LogP contribution is -2.19. The van der Waals surface area contributed by atoms with Crippen LogP contribution in [0.3, 0.4) is 0 Å². The van der Waals surface area contributed by atoms with Crippen molar-refractivity contribution in [3.63, 3.8) is 0 Å². The van der Waals surface area contributed by atoms with Crippen LogP contribution in [0.15, 0.2) is 24.3 Å². The zero-order chi connectivity index (χ0) is 15.9. The number of methoxy groups -OCH3 is 2. The maximum absolute atomic E-state index is 12.3. The molecule has 1 aliphatic rings. The summed E-state index contributed by atoms with van der Waals surface area (Å²) in [5, 5.41) is 0. The topological polar surface area (TPSA) is 40.5 Å². The van der Waals surface area contributed by atoms with Crippen LogP contribution in [-0.4, -0.2) is 24.6 Å². The second-order valence-corrected chi connectivity index (χ2v) is 5.96. The first-order valence-electron chi connectivity index (χ1n) is 7.52. The van der Waals surface area contributed by atoms with Crippen LogP contribution < -0.4 is 9.47 Å². The maximum atomic E-state index is 12.3. The fraction of sp³-hybridized carbons (Fsp3) is 0.389. The molecule has 22 heavy (non-hydrogen) atoms. The molecule has 116 valence electrons. The zero-order valence-corrected chi connectivity index (χ0v) is 13.5. The molecule has 0 saturated heterocycles. The molecular weight excluding hydrogens is 278 g/mol. The Morgan fingerprint density at radius 2 is 1.82 bits per heavy atom. The second-order valence-electron chi connectivity index (χ2n) is 5.96. The Bertz CT molecular complexity index is 730. The van der Waals surface area contributed by atoms with Crippen molar-refractivity contribution < 1.29 is 14.3 Å². The number of fused-ring (bicyclic) bond motifs is 1. The number of benzene rings is 1. The summed E-state index contributed by atoms with van der Waals surface area (Å²) in [7, 11) is 3.26. The number of aromatic nitrogens is 1. The summed E-state index contributed by atoms with van der Waals surface area (Å²) in [6.07, 6.45) is 1.56. The Morgan fingerprint density at radius 1 is 1.09 bits per heavy atom. The van der Waals surface area contributed by atoms with Gasteiger partial charge in [0.25, 0.3) is 0 Å². The molecule has 0 spiro atoms. The van der Waals surface area contributed by atoms with E-state index in [0.29, 0.717) is 23.8 Å². The second kappa shape index (κ2) is 5.52. The summed E-state index contributed by atoms with van der Waals surface area (Å²) >= 11 is 0. The Morgan fingerprint density at radius 3 is 2.50 bits per heavy atom. The fourth-order valence-electron chi connectivity index (χ4n) is 3.28. The number of hydrogen-bond donors (Lipinski definition) is 0. The predicted molar refractivity (Wildman–Crippen MR) is 85.4 cm³/mol. The molecule has 1 atom stereocenters. The highest BCUT2D eigenvalue weighted by atomic mass is 16.5. The Hall–Kier alpha value is -2.23. The van der Waals surface area contributed by atoms with Gasteiger partial charge in [0.1, 0.15) is 0 Å². The average molecular weight is 299 g/mol. The summed E-state index contributed by atoms with van der Waals surface area (Å²) in [5.74, 6) is 2.02. The van der Waals surface area contributed by atoms with E-state index in [1.54, 1.807) is 14.2 Å². The number of hydrogen-bond acceptors (Lipinski definition) is 3. The minimum atomic E-state index is 0.246. The van der Waals surface area contributed by atoms with Gasteiger partial charge in [0.05, 0.1) is 14.2 Å². The van der Waals surface area contributed by atoms with E-state index in [9.17, 15) is 4.79 Å². The molecule has 4 heteroatoms. The van der Waals surface area contributed by atoms with Crippen LogP contribution in [0, 0.1) is 12.8 Å². The molecule has 1 aromatic carbocycles. The van der Waals surface area contributed by atoms with E-state index in [4.69, 9.17) is 9.47 Å². The fourth-order valence-corrected chi connectivity index (χ4v) is 3.28. The third kappa shape index (κ3) is 2.28. The molecule has 1 aliphatic carbocycles. The van der Waals surface area contributed by atoms with Gasteiger partial charge >= 0.3 is 0 Å². The number of ketones is 1. The number of Topliss-reactive ketones (excluding diaryl/α,β-unsaturated/α-hetero) is 1. The molecule has 0 aliphatic heterocycles. The molecule has 0 amide bonds. The Balaban J connectivity index is 2.15. The Kier molecular flexibility index (Phi) is 3.69. The maximum Gasteiger partial charge on any atom is 0.164 e. The van der Waals surface area contributed by atoms with Crippen molar-refractivity contribution in [2.24, 2.45) is 5.92 Å². The average Bonchev–Trinajstić information content (AvgIpc) is 2.83. The number of rotatable bonds is 3. The van der Waals surface area contributed by atoms with Crippen LogP contribution in [0.4, 0.5) is 0 Å². The van der Waals surface area contributed by atoms with E-state index in [1.165, 1.54) is 0 Å². The highest BCUT2D eigenvalue weighted by Crippen LogP contribution is 2.34. The van der Waals surface area contributed by atoms with Gasteiger partial charge in [0.2, 0.25) is 0 Å². The molecule has 1 heterocycles. The van der Waals surface area contributed by atoms with Crippen LogP contribution in [0.2, 0.25) is 0 Å². The largest absolute Gasteiger partial charge is 0.493 e. The van der Waals surface area contributed by atoms with Crippen molar-refractivity contribution in [2.75, 3.05) is 14.2 Å². The first-order valence-corrected chi connectivity index (χ1v) is 7.52. The van der Waals surface area contributed by atoms with Gasteiger partial charge in [-0.15, -0.1) is 0 Å². The lowest BCUT2D eigenvalue weighted by Gasteiger charge is -2.21. The van der Waals surface area contributed by atoms with Gasteiger partial charge in [-0.25, -0.2) is 0 Å². The highest BCUT2D eigenvalue weighted by molar-refractivity contribution is 5.99. The molecular formula is C18H21NO3. The number of ether oxygens (including phenoxy) is 2. The molecule has 0 unspecified atom stereocenters. The van der Waals surface area contributed by atoms with Crippen molar-refractivity contribution in [2.45, 2.75) is 26.7 Å². The van der Waals surface area contributed by atoms with Gasteiger partial charge in [-0.1, -0.05) is 6.92 Å². The van der Waals surface area contributed by atoms with Gasteiger partial charge in [-0.2, -0.15) is 0 Å². The molecule has 0 fully saturated rings. The van der Waals surface area contributed by atoms with Crippen LogP contribution in [0.5, 0.6) is 11.5 Å². The van der Waals surface area contributed by atoms with Gasteiger partial charge < -0.3 is 14.0 Å². The first kappa shape index (κ1) is 14.7. The van der Waals surface area contributed by atoms with Crippen LogP contribution >= 0.6 is 0 Å². The predicted octanol–water partition coefficient (Wildman–Crippen LogP) is 3.57. The summed E-state index contributed by atoms with van der Waals surface area (Å²) in [6.45, 7) is 4.16. The molecule has 2 aromatic rings. The summed E-state index contributed by atoms with van der Waals surface area (Å²) < 4.78 is 12.9. The molecule has 0 bridgehead atoms. The minimum Gasteiger partial charge on any atom is -0.493 e. The lowest BCUT2D eigenvalue weighted by molar-refractivity contribution is 0.0952. The van der Waals surface area contributed by atoms with Gasteiger partial charge in [-0.05, 0) is 37.5 Å². The first-order chi connectivity index (χ1) is 10.5. The molecule has 0 saturated carbocycles. The third-order valence-corrected chi connectivity index (χ3v) is 4.29. The van der Waals surface area contributed by atoms with Crippen molar-refractivity contribution in [1.29, 1.82) is 0 Å². The van der Waals surface area contributed by atoms with Crippen molar-refractivity contribution in [3.8, 4) is 17.2 Å². The third-order valence-electron chi connectivity index (χ3n) is 4.29. The zero-order valence-electron chi connectivity index (χ0n) is 13.5. The van der Waals surface area contributed by atoms with E-state index in [-0.39, 0.29) is 5.78 Å². The molecule has 0 N–H and O–H groups in total. The number of carbonyl (C=O) groups is 1. The monoisotopic (exact) mass is 299 g/mol. The quantitative estimate of drug-likeness (QED) is 0.870. The normalized spacial score (nSPS) is 17.3.